The van der Waals surface area contributed by atoms with E-state index < -0.39 is 0 Å². The van der Waals surface area contributed by atoms with E-state index in [1.54, 1.807) is 37.6 Å². The summed E-state index contributed by atoms with van der Waals surface area (Å²) < 4.78 is 27.5. The van der Waals surface area contributed by atoms with Gasteiger partial charge in [-0.25, -0.2) is 0 Å². The van der Waals surface area contributed by atoms with Gasteiger partial charge in [0.25, 0.3) is 5.91 Å². The van der Waals surface area contributed by atoms with Crippen LogP contribution in [-0.4, -0.2) is 29.8 Å². The Labute approximate surface area is 195 Å². The summed E-state index contributed by atoms with van der Waals surface area (Å²) in [6, 6.07) is 14.6. The van der Waals surface area contributed by atoms with E-state index in [-0.39, 0.29) is 25.9 Å². The van der Waals surface area contributed by atoms with Crippen LogP contribution < -0.4 is 24.3 Å². The topological polar surface area (TPSA) is 82.4 Å². The molecule has 0 bridgehead atoms. The van der Waals surface area contributed by atoms with Gasteiger partial charge in [0, 0.05) is 11.6 Å². The molecule has 3 aromatic rings. The number of benzene rings is 2. The van der Waals surface area contributed by atoms with Crippen molar-refractivity contribution in [2.24, 2.45) is 0 Å². The molecule has 1 N–H and O–H groups in total. The van der Waals surface area contributed by atoms with Gasteiger partial charge in [-0.3, -0.25) is 9.69 Å². The Morgan fingerprint density at radius 3 is 2.85 bits per heavy atom. The molecule has 1 amide bonds. The first-order chi connectivity index (χ1) is 16.1. The van der Waals surface area contributed by atoms with Gasteiger partial charge in [0.1, 0.15) is 29.6 Å². The summed E-state index contributed by atoms with van der Waals surface area (Å²) in [5, 5.41) is 3.32. The lowest BCUT2D eigenvalue weighted by molar-refractivity contribution is -0.122. The van der Waals surface area contributed by atoms with Crippen molar-refractivity contribution in [1.82, 2.24) is 10.2 Å². The van der Waals surface area contributed by atoms with Crippen molar-refractivity contribution in [3.05, 3.63) is 77.4 Å². The fourth-order valence-electron chi connectivity index (χ4n) is 3.57. The van der Waals surface area contributed by atoms with Gasteiger partial charge in [-0.05, 0) is 60.3 Å². The van der Waals surface area contributed by atoms with E-state index in [9.17, 15) is 4.79 Å². The second kappa shape index (κ2) is 8.87. The third kappa shape index (κ3) is 4.35. The Hall–Kier alpha value is -3.98. The van der Waals surface area contributed by atoms with Crippen LogP contribution in [0, 0.1) is 0 Å². The van der Waals surface area contributed by atoms with E-state index >= 15 is 0 Å². The Bertz CT molecular complexity index is 1240. The summed E-state index contributed by atoms with van der Waals surface area (Å²) in [5.41, 5.74) is 2.02. The van der Waals surface area contributed by atoms with Crippen LogP contribution >= 0.6 is 12.2 Å². The molecule has 168 valence electrons. The Morgan fingerprint density at radius 1 is 1.15 bits per heavy atom. The molecule has 2 aliphatic heterocycles. The van der Waals surface area contributed by atoms with Crippen LogP contribution in [0.2, 0.25) is 0 Å². The lowest BCUT2D eigenvalue weighted by atomic mass is 10.1. The van der Waals surface area contributed by atoms with Gasteiger partial charge in [-0.2, -0.15) is 0 Å². The van der Waals surface area contributed by atoms with Crippen LogP contribution in [0.4, 0.5) is 0 Å². The largest absolute Gasteiger partial charge is 0.496 e. The molecule has 33 heavy (non-hydrogen) atoms. The molecule has 0 unspecified atom stereocenters. The number of carbonyl (C=O) groups excluding carboxylic acids is 1. The number of fused-ring (bicyclic) bond motifs is 1. The SMILES string of the molecule is COc1ccc(/C=C2/NC(=S)N(Cc3ccco3)C2=O)cc1COc1ccc2c(c1)OCO2. The molecule has 0 radical (unpaired) electrons. The number of amides is 1. The number of nitrogens with one attached hydrogen (secondary N) is 1. The quantitative estimate of drug-likeness (QED) is 0.417. The van der Waals surface area contributed by atoms with Crippen molar-refractivity contribution >= 4 is 29.3 Å². The van der Waals surface area contributed by atoms with Gasteiger partial charge in [0.05, 0.1) is 19.9 Å². The molecule has 2 aromatic carbocycles. The number of ether oxygens (including phenoxy) is 4. The normalized spacial score (nSPS) is 15.8. The average Bonchev–Trinajstić information content (AvgIpc) is 3.56. The highest BCUT2D eigenvalue weighted by atomic mass is 32.1. The zero-order valence-corrected chi connectivity index (χ0v) is 18.5. The first-order valence-electron chi connectivity index (χ1n) is 10.2. The van der Waals surface area contributed by atoms with Crippen molar-refractivity contribution in [3.63, 3.8) is 0 Å². The number of methoxy groups -OCH3 is 1. The second-order valence-electron chi connectivity index (χ2n) is 7.33. The van der Waals surface area contributed by atoms with Gasteiger partial charge in [-0.15, -0.1) is 0 Å². The molecule has 0 spiro atoms. The summed E-state index contributed by atoms with van der Waals surface area (Å²) in [7, 11) is 1.60. The van der Waals surface area contributed by atoms with E-state index in [1.165, 1.54) is 4.90 Å². The first-order valence-corrected chi connectivity index (χ1v) is 10.6. The lowest BCUT2D eigenvalue weighted by Gasteiger charge is -2.12. The molecule has 1 aromatic heterocycles. The van der Waals surface area contributed by atoms with Gasteiger partial charge in [0.15, 0.2) is 16.6 Å². The number of furan rings is 1. The number of nitrogens with zero attached hydrogens (tertiary/aromatic N) is 1. The third-order valence-electron chi connectivity index (χ3n) is 5.21. The molecular weight excluding hydrogens is 444 g/mol. The summed E-state index contributed by atoms with van der Waals surface area (Å²) in [5.74, 6) is 3.11. The molecule has 2 aliphatic rings. The monoisotopic (exact) mass is 464 g/mol. The summed E-state index contributed by atoms with van der Waals surface area (Å²) in [4.78, 5) is 14.3. The van der Waals surface area contributed by atoms with Crippen molar-refractivity contribution in [2.75, 3.05) is 13.9 Å². The minimum Gasteiger partial charge on any atom is -0.496 e. The molecule has 3 heterocycles. The summed E-state index contributed by atoms with van der Waals surface area (Å²) in [6.07, 6.45) is 3.31. The molecule has 1 saturated heterocycles. The Balaban J connectivity index is 1.33. The van der Waals surface area contributed by atoms with E-state index in [2.05, 4.69) is 5.32 Å². The van der Waals surface area contributed by atoms with E-state index in [0.29, 0.717) is 39.6 Å². The number of carbonyl (C=O) groups is 1. The fourth-order valence-corrected chi connectivity index (χ4v) is 3.83. The zero-order valence-electron chi connectivity index (χ0n) is 17.7. The number of rotatable bonds is 7. The number of thiocarbonyl (C=S) groups is 1. The molecular formula is C24H20N2O6S. The Morgan fingerprint density at radius 2 is 2.03 bits per heavy atom. The smallest absolute Gasteiger partial charge is 0.276 e. The molecule has 0 saturated carbocycles. The van der Waals surface area contributed by atoms with Crippen LogP contribution in [-0.2, 0) is 17.9 Å². The van der Waals surface area contributed by atoms with Crippen molar-refractivity contribution in [2.45, 2.75) is 13.2 Å². The van der Waals surface area contributed by atoms with Crippen LogP contribution in [0.1, 0.15) is 16.9 Å². The predicted octanol–water partition coefficient (Wildman–Crippen LogP) is 3.85. The van der Waals surface area contributed by atoms with Crippen molar-refractivity contribution < 1.29 is 28.2 Å². The van der Waals surface area contributed by atoms with Gasteiger partial charge in [-0.1, -0.05) is 6.07 Å². The molecule has 8 nitrogen and oxygen atoms in total. The third-order valence-corrected chi connectivity index (χ3v) is 5.53. The molecule has 5 rings (SSSR count). The predicted molar refractivity (Wildman–Crippen MR) is 123 cm³/mol. The van der Waals surface area contributed by atoms with Gasteiger partial charge >= 0.3 is 0 Å². The molecule has 1 fully saturated rings. The van der Waals surface area contributed by atoms with Crippen LogP contribution in [0.3, 0.4) is 0 Å². The fraction of sp³-hybridized carbons (Fsp3) is 0.167. The van der Waals surface area contributed by atoms with E-state index in [1.807, 2.05) is 30.3 Å². The van der Waals surface area contributed by atoms with Gasteiger partial charge < -0.3 is 28.7 Å². The maximum Gasteiger partial charge on any atom is 0.276 e. The minimum atomic E-state index is -0.217. The van der Waals surface area contributed by atoms with E-state index in [0.717, 1.165) is 11.1 Å². The summed E-state index contributed by atoms with van der Waals surface area (Å²) >= 11 is 5.33. The highest BCUT2D eigenvalue weighted by Crippen LogP contribution is 2.35. The highest BCUT2D eigenvalue weighted by Gasteiger charge is 2.31. The molecule has 0 atom stereocenters. The number of hydrogen-bond donors (Lipinski definition) is 1. The minimum absolute atomic E-state index is 0.207. The standard InChI is InChI=1S/C24H20N2O6S/c1-28-20-6-4-15(9-16(20)13-30-17-5-7-21-22(11-17)32-14-31-21)10-19-23(27)26(24(33)25-19)12-18-3-2-8-29-18/h2-11H,12-14H2,1H3,(H,25,33)/b19-10+. The molecule has 0 aliphatic carbocycles. The van der Waals surface area contributed by atoms with Crippen LogP contribution in [0.15, 0.2) is 64.9 Å². The lowest BCUT2D eigenvalue weighted by Crippen LogP contribution is -2.29. The zero-order chi connectivity index (χ0) is 22.8. The van der Waals surface area contributed by atoms with Gasteiger partial charge in [0.2, 0.25) is 6.79 Å². The Kier molecular flexibility index (Phi) is 5.62. The van der Waals surface area contributed by atoms with Crippen LogP contribution in [0.25, 0.3) is 6.08 Å². The summed E-state index contributed by atoms with van der Waals surface area (Å²) in [6.45, 7) is 0.745. The van der Waals surface area contributed by atoms with Crippen LogP contribution in [0.5, 0.6) is 23.0 Å². The van der Waals surface area contributed by atoms with Crippen molar-refractivity contribution in [1.29, 1.82) is 0 Å². The maximum absolute atomic E-state index is 12.9. The second-order valence-corrected chi connectivity index (χ2v) is 7.72. The maximum atomic E-state index is 12.9. The average molecular weight is 464 g/mol. The first kappa shape index (κ1) is 20.9. The number of hydrogen-bond acceptors (Lipinski definition) is 7. The highest BCUT2D eigenvalue weighted by molar-refractivity contribution is 7.80. The van der Waals surface area contributed by atoms with E-state index in [4.69, 9.17) is 35.6 Å². The molecule has 9 heteroatoms. The van der Waals surface area contributed by atoms with Crippen molar-refractivity contribution in [3.8, 4) is 23.0 Å².